The second-order valence-corrected chi connectivity index (χ2v) is 7.49. The molecule has 0 aromatic heterocycles. The lowest BCUT2D eigenvalue weighted by molar-refractivity contribution is -0.130. The van der Waals surface area contributed by atoms with E-state index < -0.39 is 23.6 Å². The van der Waals surface area contributed by atoms with E-state index in [9.17, 15) is 19.2 Å². The van der Waals surface area contributed by atoms with Gasteiger partial charge in [0.05, 0.1) is 5.56 Å². The Kier molecular flexibility index (Phi) is 7.12. The van der Waals surface area contributed by atoms with Gasteiger partial charge in [-0.3, -0.25) is 14.4 Å². The highest BCUT2D eigenvalue weighted by atomic mass is 16.5. The van der Waals surface area contributed by atoms with Gasteiger partial charge in [-0.25, -0.2) is 4.79 Å². The maximum absolute atomic E-state index is 12.4. The predicted molar refractivity (Wildman–Crippen MR) is 111 cm³/mol. The van der Waals surface area contributed by atoms with Crippen LogP contribution in [0.5, 0.6) is 0 Å². The van der Waals surface area contributed by atoms with E-state index in [4.69, 9.17) is 4.74 Å². The van der Waals surface area contributed by atoms with E-state index >= 15 is 0 Å². The molecule has 0 aliphatic heterocycles. The van der Waals surface area contributed by atoms with Crippen molar-refractivity contribution in [2.75, 3.05) is 0 Å². The number of esters is 1. The number of nitrogens with one attached hydrogen (secondary N) is 1. The molecular formula is C24H25NO5. The standard InChI is InChI=1S/C24H25NO5/c1-16(23(28)25-20-10-6-3-7-11-20)30-24(29)19-14-12-18(13-15-19)22(27)21(26)17-8-4-2-5-9-17/h2,4-5,8-9,12-16,20H,3,6-7,10-11H2,1H3,(H,25,28)/t16-/m1/s1. The fourth-order valence-electron chi connectivity index (χ4n) is 3.46. The normalized spacial score (nSPS) is 15.1. The monoisotopic (exact) mass is 407 g/mol. The minimum atomic E-state index is -0.916. The molecule has 1 saturated carbocycles. The number of rotatable bonds is 7. The highest BCUT2D eigenvalue weighted by Crippen LogP contribution is 2.18. The van der Waals surface area contributed by atoms with E-state index in [1.54, 1.807) is 30.3 Å². The third-order valence-electron chi connectivity index (χ3n) is 5.23. The van der Waals surface area contributed by atoms with Crippen LogP contribution in [0.3, 0.4) is 0 Å². The molecule has 2 aromatic rings. The Balaban J connectivity index is 1.57. The van der Waals surface area contributed by atoms with E-state index in [1.807, 2.05) is 0 Å². The number of ketones is 2. The SMILES string of the molecule is C[C@@H](OC(=O)c1ccc(C(=O)C(=O)c2ccccc2)cc1)C(=O)NC1CCCCC1. The van der Waals surface area contributed by atoms with Crippen LogP contribution in [0, 0.1) is 0 Å². The zero-order valence-corrected chi connectivity index (χ0v) is 16.9. The summed E-state index contributed by atoms with van der Waals surface area (Å²) in [5.41, 5.74) is 0.698. The number of carbonyl (C=O) groups excluding carboxylic acids is 4. The van der Waals surface area contributed by atoms with Crippen LogP contribution < -0.4 is 5.32 Å². The number of hydrogen-bond acceptors (Lipinski definition) is 5. The van der Waals surface area contributed by atoms with Crippen molar-refractivity contribution in [3.05, 3.63) is 71.3 Å². The second-order valence-electron chi connectivity index (χ2n) is 7.49. The Morgan fingerprint density at radius 3 is 1.93 bits per heavy atom. The highest BCUT2D eigenvalue weighted by Gasteiger charge is 2.23. The Morgan fingerprint density at radius 1 is 0.800 bits per heavy atom. The van der Waals surface area contributed by atoms with Crippen molar-refractivity contribution in [2.24, 2.45) is 0 Å². The summed E-state index contributed by atoms with van der Waals surface area (Å²) in [7, 11) is 0. The quantitative estimate of drug-likeness (QED) is 0.429. The van der Waals surface area contributed by atoms with E-state index in [-0.39, 0.29) is 23.1 Å². The summed E-state index contributed by atoms with van der Waals surface area (Å²) >= 11 is 0. The minimum Gasteiger partial charge on any atom is -0.449 e. The molecule has 0 saturated heterocycles. The molecule has 0 bridgehead atoms. The Hall–Kier alpha value is -3.28. The number of benzene rings is 2. The van der Waals surface area contributed by atoms with Crippen LogP contribution in [-0.2, 0) is 9.53 Å². The minimum absolute atomic E-state index is 0.139. The molecule has 1 amide bonds. The first-order valence-electron chi connectivity index (χ1n) is 10.2. The van der Waals surface area contributed by atoms with E-state index in [0.29, 0.717) is 5.56 Å². The number of ether oxygens (including phenoxy) is 1. The summed E-state index contributed by atoms with van der Waals surface area (Å²) < 4.78 is 5.25. The average molecular weight is 407 g/mol. The Labute approximate surface area is 175 Å². The zero-order valence-electron chi connectivity index (χ0n) is 16.9. The average Bonchev–Trinajstić information content (AvgIpc) is 2.79. The molecule has 6 heteroatoms. The highest BCUT2D eigenvalue weighted by molar-refractivity contribution is 6.49. The molecule has 1 aliphatic carbocycles. The molecular weight excluding hydrogens is 382 g/mol. The van der Waals surface area contributed by atoms with Crippen LogP contribution in [0.15, 0.2) is 54.6 Å². The van der Waals surface area contributed by atoms with Crippen molar-refractivity contribution in [1.29, 1.82) is 0 Å². The molecule has 2 aromatic carbocycles. The second kappa shape index (κ2) is 9.96. The lowest BCUT2D eigenvalue weighted by atomic mass is 9.95. The van der Waals surface area contributed by atoms with Crippen molar-refractivity contribution in [3.63, 3.8) is 0 Å². The summed E-state index contributed by atoms with van der Waals surface area (Å²) in [5.74, 6) is -2.23. The van der Waals surface area contributed by atoms with Gasteiger partial charge < -0.3 is 10.1 Å². The number of amides is 1. The van der Waals surface area contributed by atoms with Crippen LogP contribution in [0.4, 0.5) is 0 Å². The van der Waals surface area contributed by atoms with Gasteiger partial charge in [-0.1, -0.05) is 61.7 Å². The third-order valence-corrected chi connectivity index (χ3v) is 5.23. The Morgan fingerprint density at radius 2 is 1.33 bits per heavy atom. The van der Waals surface area contributed by atoms with Crippen LogP contribution in [0.2, 0.25) is 0 Å². The topological polar surface area (TPSA) is 89.5 Å². The van der Waals surface area contributed by atoms with Crippen LogP contribution in [0.1, 0.15) is 70.1 Å². The number of Topliss-reactive ketones (excluding diaryl/α,β-unsaturated/α-hetero) is 2. The maximum Gasteiger partial charge on any atom is 0.338 e. The lowest BCUT2D eigenvalue weighted by Crippen LogP contribution is -2.42. The van der Waals surface area contributed by atoms with Crippen LogP contribution in [0.25, 0.3) is 0 Å². The first-order valence-corrected chi connectivity index (χ1v) is 10.2. The molecule has 0 heterocycles. The summed E-state index contributed by atoms with van der Waals surface area (Å²) in [6.07, 6.45) is 4.35. The molecule has 1 N–H and O–H groups in total. The summed E-state index contributed by atoms with van der Waals surface area (Å²) in [5, 5.41) is 2.93. The van der Waals surface area contributed by atoms with Crippen molar-refractivity contribution in [1.82, 2.24) is 5.32 Å². The first kappa shape index (κ1) is 21.4. The number of hydrogen-bond donors (Lipinski definition) is 1. The van der Waals surface area contributed by atoms with Gasteiger partial charge in [-0.2, -0.15) is 0 Å². The molecule has 6 nitrogen and oxygen atoms in total. The molecule has 156 valence electrons. The van der Waals surface area contributed by atoms with Gasteiger partial charge in [0, 0.05) is 17.2 Å². The van der Waals surface area contributed by atoms with Crippen molar-refractivity contribution >= 4 is 23.4 Å². The van der Waals surface area contributed by atoms with Crippen LogP contribution in [-0.4, -0.2) is 35.6 Å². The molecule has 0 spiro atoms. The van der Waals surface area contributed by atoms with E-state index in [2.05, 4.69) is 5.32 Å². The smallest absolute Gasteiger partial charge is 0.338 e. The lowest BCUT2D eigenvalue weighted by Gasteiger charge is -2.24. The first-order chi connectivity index (χ1) is 14.5. The molecule has 3 rings (SSSR count). The van der Waals surface area contributed by atoms with Gasteiger partial charge in [0.15, 0.2) is 6.10 Å². The van der Waals surface area contributed by atoms with Gasteiger partial charge in [-0.15, -0.1) is 0 Å². The largest absolute Gasteiger partial charge is 0.449 e. The fourth-order valence-corrected chi connectivity index (χ4v) is 3.46. The van der Waals surface area contributed by atoms with E-state index in [1.165, 1.54) is 37.6 Å². The Bertz CT molecular complexity index is 914. The maximum atomic E-state index is 12.4. The zero-order chi connectivity index (χ0) is 21.5. The molecule has 30 heavy (non-hydrogen) atoms. The number of carbonyl (C=O) groups is 4. The molecule has 1 atom stereocenters. The molecule has 0 radical (unpaired) electrons. The molecule has 0 unspecified atom stereocenters. The molecule has 1 aliphatic rings. The van der Waals surface area contributed by atoms with Gasteiger partial charge in [0.1, 0.15) is 0 Å². The van der Waals surface area contributed by atoms with Crippen molar-refractivity contribution in [2.45, 2.75) is 51.2 Å². The summed E-state index contributed by atoms with van der Waals surface area (Å²) in [6, 6.07) is 14.1. The molecule has 1 fully saturated rings. The van der Waals surface area contributed by atoms with Gasteiger partial charge >= 0.3 is 5.97 Å². The fraction of sp³-hybridized carbons (Fsp3) is 0.333. The third kappa shape index (κ3) is 5.41. The van der Waals surface area contributed by atoms with E-state index in [0.717, 1.165) is 25.7 Å². The summed E-state index contributed by atoms with van der Waals surface area (Å²) in [6.45, 7) is 1.53. The summed E-state index contributed by atoms with van der Waals surface area (Å²) in [4.78, 5) is 49.2. The van der Waals surface area contributed by atoms with Gasteiger partial charge in [0.25, 0.3) is 5.91 Å². The predicted octanol–water partition coefficient (Wildman–Crippen LogP) is 3.75. The van der Waals surface area contributed by atoms with Crippen molar-refractivity contribution in [3.8, 4) is 0 Å². The van der Waals surface area contributed by atoms with Gasteiger partial charge in [-0.05, 0) is 31.9 Å². The van der Waals surface area contributed by atoms with Crippen molar-refractivity contribution < 1.29 is 23.9 Å². The van der Waals surface area contributed by atoms with Gasteiger partial charge in [0.2, 0.25) is 11.6 Å². The van der Waals surface area contributed by atoms with Crippen LogP contribution >= 0.6 is 0 Å².